The molecule has 0 radical (unpaired) electrons. The monoisotopic (exact) mass is 1270 g/mol. The lowest BCUT2D eigenvalue weighted by Gasteiger charge is -2.37. The minimum Gasteiger partial charge on any atom is -0.491 e. The highest BCUT2D eigenvalue weighted by Gasteiger charge is 2.42. The van der Waals surface area contributed by atoms with Crippen molar-refractivity contribution >= 4 is 51.7 Å². The molecule has 0 saturated heterocycles. The second kappa shape index (κ2) is 29.8. The minimum atomic E-state index is -2.00. The van der Waals surface area contributed by atoms with Gasteiger partial charge in [0.2, 0.25) is 11.5 Å². The summed E-state index contributed by atoms with van der Waals surface area (Å²) in [6.45, 7) is 31.9. The Balaban J connectivity index is 0.000000251. The quantitative estimate of drug-likeness (QED) is 0.0551. The van der Waals surface area contributed by atoms with Gasteiger partial charge in [0.1, 0.15) is 24.9 Å². The van der Waals surface area contributed by atoms with Gasteiger partial charge in [-0.1, -0.05) is 175 Å². The van der Waals surface area contributed by atoms with E-state index in [9.17, 15) is 19.8 Å². The first-order chi connectivity index (χ1) is 41.4. The van der Waals surface area contributed by atoms with Gasteiger partial charge in [-0.2, -0.15) is 9.97 Å². The van der Waals surface area contributed by atoms with Gasteiger partial charge in [-0.3, -0.25) is 9.59 Å². The molecule has 6 aromatic rings. The Kier molecular flexibility index (Phi) is 23.6. The van der Waals surface area contributed by atoms with Gasteiger partial charge in [0, 0.05) is 58.9 Å². The Labute approximate surface area is 536 Å². The fourth-order valence-corrected chi connectivity index (χ4v) is 13.8. The first-order valence-electron chi connectivity index (χ1n) is 31.4. The first-order valence-corrected chi connectivity index (χ1v) is 38.0. The maximum absolute atomic E-state index is 14.3. The van der Waals surface area contributed by atoms with Gasteiger partial charge < -0.3 is 38.3 Å². The molecule has 2 aliphatic carbocycles. The normalized spacial score (nSPS) is 15.0. The molecule has 4 aromatic carbocycles. The zero-order valence-electron chi connectivity index (χ0n) is 54.6. The van der Waals surface area contributed by atoms with Crippen molar-refractivity contribution in [2.24, 2.45) is 0 Å². The van der Waals surface area contributed by atoms with Gasteiger partial charge >= 0.3 is 0 Å². The lowest BCUT2D eigenvalue weighted by Crippen LogP contribution is -2.45. The van der Waals surface area contributed by atoms with Crippen LogP contribution in [0.5, 0.6) is 23.3 Å². The van der Waals surface area contributed by atoms with Crippen LogP contribution in [0.4, 0.5) is 0 Å². The number of aromatic hydroxyl groups is 2. The molecule has 2 heterocycles. The van der Waals surface area contributed by atoms with Gasteiger partial charge in [-0.25, -0.2) is 9.97 Å². The molecule has 14 nitrogen and oxygen atoms in total. The van der Waals surface area contributed by atoms with Crippen LogP contribution in [0.15, 0.2) is 109 Å². The minimum absolute atomic E-state index is 0.00166. The summed E-state index contributed by atoms with van der Waals surface area (Å²) < 4.78 is 25.0. The number of amides is 2. The molecule has 8 rings (SSSR count). The second-order valence-electron chi connectivity index (χ2n) is 27.6. The summed E-state index contributed by atoms with van der Waals surface area (Å²) in [4.78, 5) is 50.8. The molecule has 0 unspecified atom stereocenters. The van der Waals surface area contributed by atoms with Crippen LogP contribution < -0.4 is 9.47 Å². The summed E-state index contributed by atoms with van der Waals surface area (Å²) in [5.74, 6) is -0.441. The lowest BCUT2D eigenvalue weighted by molar-refractivity contribution is 0.0649. The summed E-state index contributed by atoms with van der Waals surface area (Å²) in [5, 5.41) is 24.0. The third-order valence-electron chi connectivity index (χ3n) is 18.6. The van der Waals surface area contributed by atoms with E-state index in [-0.39, 0.29) is 92.7 Å². The molecule has 0 bridgehead atoms. The smallest absolute Gasteiger partial charge is 0.276 e. The summed E-state index contributed by atoms with van der Waals surface area (Å²) in [7, 11) is -4.01. The zero-order valence-corrected chi connectivity index (χ0v) is 58.2. The maximum atomic E-state index is 14.3. The number of hydrogen-bond acceptors (Lipinski definition) is 12. The number of rotatable bonds is 24. The largest absolute Gasteiger partial charge is 0.491 e. The predicted octanol–water partition coefficient (Wildman–Crippen LogP) is 16.7. The Hall–Kier alpha value is -5.89. The number of ether oxygens (including phenoxy) is 2. The van der Waals surface area contributed by atoms with Crippen LogP contribution in [-0.2, 0) is 45.7 Å². The molecule has 2 saturated carbocycles. The predicted molar refractivity (Wildman–Crippen MR) is 358 cm³/mol. The zero-order chi connectivity index (χ0) is 64.2. The summed E-state index contributed by atoms with van der Waals surface area (Å²) in [6.07, 6.45) is 9.11. The molecule has 2 amide bonds. The third-order valence-corrected chi connectivity index (χ3v) is 28.2. The van der Waals surface area contributed by atoms with Crippen LogP contribution >= 0.6 is 23.2 Å². The molecule has 2 N–H and O–H groups in total. The van der Waals surface area contributed by atoms with Crippen LogP contribution in [0.25, 0.3) is 0 Å². The van der Waals surface area contributed by atoms with E-state index in [2.05, 4.69) is 89.8 Å². The molecule has 18 heteroatoms. The van der Waals surface area contributed by atoms with E-state index in [0.717, 1.165) is 73.6 Å². The van der Waals surface area contributed by atoms with Crippen molar-refractivity contribution in [1.82, 2.24) is 29.7 Å². The standard InChI is InChI=1S/2C35H48ClN3O4Si/c2*1-25(2)39(20-21-43-44(6,7)34(3,4)5)33(41)30-31(42-24-26-14-9-8-10-15-26)32(40)38-29(37-30)23-35(18-11-12-19-35)27-16-13-17-28(36)22-27/h2*8-10,13-17,22,25H,11-12,18-21,23-24H2,1-7H3,(H,37,38,40). The lowest BCUT2D eigenvalue weighted by atomic mass is 9.76. The highest BCUT2D eigenvalue weighted by Crippen LogP contribution is 2.47. The molecule has 0 aliphatic heterocycles. The second-order valence-corrected chi connectivity index (χ2v) is 38.1. The maximum Gasteiger partial charge on any atom is 0.276 e. The number of nitrogens with zero attached hydrogens (tertiary/aromatic N) is 6. The average molecular weight is 1280 g/mol. The van der Waals surface area contributed by atoms with E-state index in [0.29, 0.717) is 60.8 Å². The van der Waals surface area contributed by atoms with Crippen molar-refractivity contribution in [2.75, 3.05) is 26.3 Å². The summed E-state index contributed by atoms with van der Waals surface area (Å²) in [5.41, 5.74) is 3.78. The van der Waals surface area contributed by atoms with Crippen molar-refractivity contribution in [1.29, 1.82) is 0 Å². The molecule has 2 aliphatic rings. The fourth-order valence-electron chi connectivity index (χ4n) is 11.3. The van der Waals surface area contributed by atoms with Crippen LogP contribution in [0.2, 0.25) is 46.3 Å². The van der Waals surface area contributed by atoms with Crippen LogP contribution in [0.3, 0.4) is 0 Å². The molecule has 88 heavy (non-hydrogen) atoms. The van der Waals surface area contributed by atoms with E-state index >= 15 is 0 Å². The van der Waals surface area contributed by atoms with E-state index in [1.165, 1.54) is 0 Å². The van der Waals surface area contributed by atoms with Gasteiger partial charge in [-0.15, -0.1) is 0 Å². The van der Waals surface area contributed by atoms with E-state index in [1.807, 2.05) is 125 Å². The van der Waals surface area contributed by atoms with Crippen molar-refractivity contribution in [3.63, 3.8) is 0 Å². The summed E-state index contributed by atoms with van der Waals surface area (Å²) >= 11 is 12.8. The molecule has 2 aromatic heterocycles. The molecular formula is C70H96Cl2N6O8Si2. The molecule has 476 valence electrons. The van der Waals surface area contributed by atoms with Gasteiger partial charge in [0.05, 0.1) is 13.2 Å². The van der Waals surface area contributed by atoms with Gasteiger partial charge in [-0.05, 0) is 136 Å². The van der Waals surface area contributed by atoms with Crippen LogP contribution in [-0.4, -0.2) is 107 Å². The van der Waals surface area contributed by atoms with Crippen molar-refractivity contribution in [2.45, 2.75) is 206 Å². The van der Waals surface area contributed by atoms with Crippen molar-refractivity contribution < 1.29 is 38.1 Å². The van der Waals surface area contributed by atoms with Crippen molar-refractivity contribution in [3.05, 3.63) is 165 Å². The number of carbonyl (C=O) groups excluding carboxylic acids is 2. The molecule has 0 spiro atoms. The third kappa shape index (κ3) is 17.7. The van der Waals surface area contributed by atoms with Crippen molar-refractivity contribution in [3.8, 4) is 23.3 Å². The Morgan fingerprint density at radius 2 is 0.875 bits per heavy atom. The number of benzene rings is 4. The Morgan fingerprint density at radius 3 is 1.18 bits per heavy atom. The average Bonchev–Trinajstić information content (AvgIpc) is 1.53. The van der Waals surface area contributed by atoms with Gasteiger partial charge in [0.15, 0.2) is 28.0 Å². The highest BCUT2D eigenvalue weighted by molar-refractivity contribution is 6.74. The Morgan fingerprint density at radius 1 is 0.534 bits per heavy atom. The fraction of sp³-hybridized carbons (Fsp3) is 0.514. The first kappa shape index (κ1) is 69.6. The number of aromatic nitrogens is 4. The number of hydrogen-bond donors (Lipinski definition) is 2. The number of halogens is 2. The number of carbonyl (C=O) groups is 2. The van der Waals surface area contributed by atoms with Gasteiger partial charge in [0.25, 0.3) is 23.6 Å². The van der Waals surface area contributed by atoms with E-state index in [4.69, 9.17) is 51.5 Å². The summed E-state index contributed by atoms with van der Waals surface area (Å²) in [6, 6.07) is 34.9. The molecule has 2 fully saturated rings. The molecule has 0 atom stereocenters. The van der Waals surface area contributed by atoms with E-state index in [1.54, 1.807) is 9.80 Å². The Bertz CT molecular complexity index is 3050. The topological polar surface area (TPSA) is 170 Å². The SMILES string of the molecule is CC(C)N(CCO[Si](C)(C)C(C)(C)C)C(=O)c1nc(CC2(c3cccc(Cl)c3)CCCC2)nc(O)c1OCc1ccccc1.CC(C)N(CCO[Si](C)(C)C(C)(C)C)C(=O)c1nc(CC2(c3cccc(Cl)c3)CCCC2)nc(O)c1OCc1ccccc1. The van der Waals surface area contributed by atoms with E-state index < -0.39 is 16.6 Å². The van der Waals surface area contributed by atoms with Crippen LogP contribution in [0, 0.1) is 0 Å². The molecular weight excluding hydrogens is 1180 g/mol. The van der Waals surface area contributed by atoms with Crippen LogP contribution in [0.1, 0.15) is 175 Å². The highest BCUT2D eigenvalue weighted by atomic mass is 35.5.